The van der Waals surface area contributed by atoms with Gasteiger partial charge in [-0.25, -0.2) is 9.97 Å². The molecular weight excluding hydrogens is 382 g/mol. The van der Waals surface area contributed by atoms with Gasteiger partial charge >= 0.3 is 0 Å². The zero-order valence-corrected chi connectivity index (χ0v) is 16.6. The van der Waals surface area contributed by atoms with Crippen molar-refractivity contribution in [2.45, 2.75) is 18.6 Å². The van der Waals surface area contributed by atoms with E-state index in [0.29, 0.717) is 13.0 Å². The Morgan fingerprint density at radius 3 is 2.79 bits per heavy atom. The molecule has 7 heteroatoms. The lowest BCUT2D eigenvalue weighted by Gasteiger charge is -2.36. The molecule has 29 heavy (non-hydrogen) atoms. The van der Waals surface area contributed by atoms with Crippen molar-refractivity contribution < 1.29 is 5.11 Å². The molecule has 3 N–H and O–H groups in total. The number of benzene rings is 1. The predicted octanol–water partition coefficient (Wildman–Crippen LogP) is 3.32. The predicted molar refractivity (Wildman–Crippen MR) is 117 cm³/mol. The minimum absolute atomic E-state index is 0.244. The van der Waals surface area contributed by atoms with E-state index in [1.165, 1.54) is 0 Å². The minimum Gasteiger partial charge on any atom is -0.391 e. The first-order valence-corrected chi connectivity index (χ1v) is 10.5. The van der Waals surface area contributed by atoms with Crippen LogP contribution in [0, 0.1) is 0 Å². The Bertz CT molecular complexity index is 1150. The number of aromatic nitrogens is 3. The van der Waals surface area contributed by atoms with Gasteiger partial charge in [-0.1, -0.05) is 12.1 Å². The number of pyridine rings is 2. The van der Waals surface area contributed by atoms with Gasteiger partial charge in [0.15, 0.2) is 0 Å². The maximum absolute atomic E-state index is 9.98. The SMILES string of the molecule is NC1CN(c2ccnc3ccc(-c4cccc(-c5nccs5)n4)cc23)CCC1O. The van der Waals surface area contributed by atoms with Crippen molar-refractivity contribution in [2.75, 3.05) is 18.0 Å². The largest absolute Gasteiger partial charge is 0.391 e. The van der Waals surface area contributed by atoms with E-state index in [2.05, 4.69) is 27.0 Å². The molecule has 4 aromatic rings. The summed E-state index contributed by atoms with van der Waals surface area (Å²) in [5.41, 5.74) is 10.9. The van der Waals surface area contributed by atoms with Crippen molar-refractivity contribution in [1.29, 1.82) is 0 Å². The van der Waals surface area contributed by atoms with Crippen molar-refractivity contribution in [2.24, 2.45) is 5.73 Å². The zero-order chi connectivity index (χ0) is 19.8. The minimum atomic E-state index is -0.437. The van der Waals surface area contributed by atoms with Gasteiger partial charge in [0.2, 0.25) is 0 Å². The molecule has 1 aromatic carbocycles. The molecule has 3 aromatic heterocycles. The van der Waals surface area contributed by atoms with Gasteiger partial charge in [-0.2, -0.15) is 0 Å². The van der Waals surface area contributed by atoms with E-state index < -0.39 is 6.10 Å². The van der Waals surface area contributed by atoms with Crippen LogP contribution in [0.2, 0.25) is 0 Å². The van der Waals surface area contributed by atoms with Crippen LogP contribution in [0.3, 0.4) is 0 Å². The Labute approximate surface area is 172 Å². The molecule has 0 saturated carbocycles. The first-order valence-electron chi connectivity index (χ1n) is 9.64. The molecule has 6 nitrogen and oxygen atoms in total. The molecule has 2 atom stereocenters. The van der Waals surface area contributed by atoms with Gasteiger partial charge < -0.3 is 15.7 Å². The number of rotatable bonds is 3. The number of thiazole rings is 1. The van der Waals surface area contributed by atoms with Crippen LogP contribution in [0.1, 0.15) is 6.42 Å². The molecule has 1 aliphatic rings. The third-order valence-electron chi connectivity index (χ3n) is 5.38. The van der Waals surface area contributed by atoms with Gasteiger partial charge in [-0.05, 0) is 36.8 Å². The fourth-order valence-corrected chi connectivity index (χ4v) is 4.43. The van der Waals surface area contributed by atoms with Crippen LogP contribution >= 0.6 is 11.3 Å². The van der Waals surface area contributed by atoms with Gasteiger partial charge in [0.05, 0.1) is 23.0 Å². The zero-order valence-electron chi connectivity index (χ0n) is 15.8. The summed E-state index contributed by atoms with van der Waals surface area (Å²) < 4.78 is 0. The lowest BCUT2D eigenvalue weighted by atomic mass is 10.0. The Morgan fingerprint density at radius 2 is 1.97 bits per heavy atom. The van der Waals surface area contributed by atoms with E-state index in [4.69, 9.17) is 10.7 Å². The van der Waals surface area contributed by atoms with Crippen LogP contribution < -0.4 is 10.6 Å². The van der Waals surface area contributed by atoms with Gasteiger partial charge in [0, 0.05) is 53.5 Å². The fraction of sp³-hybridized carbons (Fsp3) is 0.227. The molecule has 4 heterocycles. The summed E-state index contributed by atoms with van der Waals surface area (Å²) in [6.45, 7) is 1.40. The molecule has 0 amide bonds. The van der Waals surface area contributed by atoms with Crippen LogP contribution in [0.4, 0.5) is 5.69 Å². The molecule has 1 fully saturated rings. The monoisotopic (exact) mass is 403 g/mol. The summed E-state index contributed by atoms with van der Waals surface area (Å²) >= 11 is 1.58. The second-order valence-corrected chi connectivity index (χ2v) is 8.17. The Balaban J connectivity index is 1.56. The average Bonchev–Trinajstić information content (AvgIpc) is 3.30. The number of aliphatic hydroxyl groups excluding tert-OH is 1. The molecule has 0 radical (unpaired) electrons. The lowest BCUT2D eigenvalue weighted by molar-refractivity contribution is 0.125. The van der Waals surface area contributed by atoms with Gasteiger partial charge in [0.25, 0.3) is 0 Å². The van der Waals surface area contributed by atoms with E-state index in [1.807, 2.05) is 41.9 Å². The number of fused-ring (bicyclic) bond motifs is 1. The number of hydrogen-bond acceptors (Lipinski definition) is 7. The van der Waals surface area contributed by atoms with Crippen molar-refractivity contribution in [1.82, 2.24) is 15.0 Å². The van der Waals surface area contributed by atoms with Crippen molar-refractivity contribution in [3.8, 4) is 22.0 Å². The number of nitrogens with two attached hydrogens (primary N) is 1. The molecule has 146 valence electrons. The molecule has 0 aliphatic carbocycles. The summed E-state index contributed by atoms with van der Waals surface area (Å²) in [7, 11) is 0. The van der Waals surface area contributed by atoms with Crippen molar-refractivity contribution in [3.05, 3.63) is 60.2 Å². The highest BCUT2D eigenvalue weighted by molar-refractivity contribution is 7.13. The highest BCUT2D eigenvalue weighted by Crippen LogP contribution is 2.32. The highest BCUT2D eigenvalue weighted by Gasteiger charge is 2.25. The van der Waals surface area contributed by atoms with E-state index in [0.717, 1.165) is 45.1 Å². The normalized spacial score (nSPS) is 19.6. The third-order valence-corrected chi connectivity index (χ3v) is 6.17. The Hall–Kier alpha value is -2.87. The number of hydrogen-bond donors (Lipinski definition) is 2. The lowest BCUT2D eigenvalue weighted by Crippen LogP contribution is -2.51. The molecule has 1 aliphatic heterocycles. The molecular formula is C22H21N5OS. The number of aliphatic hydroxyl groups is 1. The van der Waals surface area contributed by atoms with Crippen LogP contribution in [0.25, 0.3) is 32.9 Å². The summed E-state index contributed by atoms with van der Waals surface area (Å²) in [4.78, 5) is 16.0. The smallest absolute Gasteiger partial charge is 0.141 e. The first kappa shape index (κ1) is 18.2. The summed E-state index contributed by atoms with van der Waals surface area (Å²) in [6.07, 6.45) is 3.85. The highest BCUT2D eigenvalue weighted by atomic mass is 32.1. The molecule has 0 spiro atoms. The Kier molecular flexibility index (Phi) is 4.71. The standard InChI is InChI=1S/C22H21N5OS/c23-16-13-27(10-7-21(16)28)20-6-8-24-18-5-4-14(12-15(18)20)17-2-1-3-19(26-17)22-25-9-11-29-22/h1-6,8-9,11-12,16,21,28H,7,10,13,23H2. The van der Waals surface area contributed by atoms with E-state index in [9.17, 15) is 5.11 Å². The van der Waals surface area contributed by atoms with Crippen LogP contribution in [-0.4, -0.2) is 45.3 Å². The van der Waals surface area contributed by atoms with Crippen molar-refractivity contribution >= 4 is 27.9 Å². The summed E-state index contributed by atoms with van der Waals surface area (Å²) in [5.74, 6) is 0. The maximum atomic E-state index is 9.98. The topological polar surface area (TPSA) is 88.2 Å². The third kappa shape index (κ3) is 3.48. The average molecular weight is 404 g/mol. The van der Waals surface area contributed by atoms with Crippen molar-refractivity contribution in [3.63, 3.8) is 0 Å². The molecule has 2 unspecified atom stereocenters. The molecule has 0 bridgehead atoms. The maximum Gasteiger partial charge on any atom is 0.141 e. The first-order chi connectivity index (χ1) is 14.2. The number of piperidine rings is 1. The molecule has 1 saturated heterocycles. The van der Waals surface area contributed by atoms with Gasteiger partial charge in [0.1, 0.15) is 5.01 Å². The fourth-order valence-electron chi connectivity index (χ4n) is 3.82. The van der Waals surface area contributed by atoms with Crippen LogP contribution in [-0.2, 0) is 0 Å². The second-order valence-electron chi connectivity index (χ2n) is 7.27. The van der Waals surface area contributed by atoms with Crippen LogP contribution in [0.5, 0.6) is 0 Å². The molecule has 5 rings (SSSR count). The van der Waals surface area contributed by atoms with E-state index in [1.54, 1.807) is 17.5 Å². The van der Waals surface area contributed by atoms with Gasteiger partial charge in [-0.15, -0.1) is 11.3 Å². The summed E-state index contributed by atoms with van der Waals surface area (Å²) in [6, 6.07) is 14.0. The summed E-state index contributed by atoms with van der Waals surface area (Å²) in [5, 5.41) is 13.9. The number of anilines is 1. The van der Waals surface area contributed by atoms with Gasteiger partial charge in [-0.3, -0.25) is 4.98 Å². The van der Waals surface area contributed by atoms with E-state index >= 15 is 0 Å². The second kappa shape index (κ2) is 7.51. The van der Waals surface area contributed by atoms with E-state index in [-0.39, 0.29) is 6.04 Å². The van der Waals surface area contributed by atoms with Crippen LogP contribution in [0.15, 0.2) is 60.2 Å². The number of nitrogens with zero attached hydrogens (tertiary/aromatic N) is 4. The Morgan fingerprint density at radius 1 is 1.07 bits per heavy atom. The quantitative estimate of drug-likeness (QED) is 0.546.